The van der Waals surface area contributed by atoms with Crippen LogP contribution in [0.5, 0.6) is 0 Å². The summed E-state index contributed by atoms with van der Waals surface area (Å²) in [7, 11) is 0. The fourth-order valence-electron chi connectivity index (χ4n) is 1.87. The third-order valence-electron chi connectivity index (χ3n) is 3.21. The van der Waals surface area contributed by atoms with Crippen molar-refractivity contribution in [1.82, 2.24) is 0 Å². The molecule has 0 unspecified atom stereocenters. The summed E-state index contributed by atoms with van der Waals surface area (Å²) in [5.41, 5.74) is 1.52. The summed E-state index contributed by atoms with van der Waals surface area (Å²) >= 11 is 0. The fourth-order valence-corrected chi connectivity index (χ4v) is 1.87. The van der Waals surface area contributed by atoms with E-state index in [2.05, 4.69) is 0 Å². The molecule has 1 aromatic heterocycles. The van der Waals surface area contributed by atoms with Crippen molar-refractivity contribution in [1.29, 1.82) is 0 Å². The maximum atomic E-state index is 12.0. The zero-order valence-corrected chi connectivity index (χ0v) is 12.6. The number of esters is 1. The second kappa shape index (κ2) is 6.87. The first-order chi connectivity index (χ1) is 10.9. The topological polar surface area (TPSA) is 99.7 Å². The van der Waals surface area contributed by atoms with Crippen LogP contribution in [0.2, 0.25) is 0 Å². The largest absolute Gasteiger partial charge is 0.451 e. The minimum atomic E-state index is -0.926. The molecular formula is C16H15NO6. The molecule has 0 saturated carbocycles. The zero-order valence-electron chi connectivity index (χ0n) is 12.6. The number of furan rings is 1. The molecule has 0 radical (unpaired) electrons. The summed E-state index contributed by atoms with van der Waals surface area (Å²) in [5.74, 6) is -1.82. The Kier molecular flexibility index (Phi) is 4.90. The molecule has 0 aliphatic rings. The number of ether oxygens (including phenoxy) is 1. The molecule has 0 atom stereocenters. The quantitative estimate of drug-likeness (QED) is 0.350. The molecule has 120 valence electrons. The summed E-state index contributed by atoms with van der Waals surface area (Å²) in [6.07, 6.45) is 0. The maximum absolute atomic E-state index is 12.0. The van der Waals surface area contributed by atoms with Crippen molar-refractivity contribution in [3.05, 3.63) is 63.4 Å². The van der Waals surface area contributed by atoms with Gasteiger partial charge in [0.15, 0.2) is 12.4 Å². The molecule has 2 aromatic rings. The molecule has 0 aliphatic heterocycles. The molecule has 0 aliphatic carbocycles. The number of nitro groups is 1. The summed E-state index contributed by atoms with van der Waals surface area (Å²) in [6.45, 7) is 3.62. The van der Waals surface area contributed by atoms with E-state index in [1.54, 1.807) is 12.1 Å². The second-order valence-corrected chi connectivity index (χ2v) is 5.17. The van der Waals surface area contributed by atoms with E-state index >= 15 is 0 Å². The third-order valence-corrected chi connectivity index (χ3v) is 3.21. The number of ketones is 1. The highest BCUT2D eigenvalue weighted by Crippen LogP contribution is 2.17. The molecule has 0 bridgehead atoms. The van der Waals surface area contributed by atoms with Crippen LogP contribution in [-0.4, -0.2) is 23.3 Å². The van der Waals surface area contributed by atoms with Gasteiger partial charge in [0.05, 0.1) is 6.07 Å². The van der Waals surface area contributed by atoms with Gasteiger partial charge in [-0.3, -0.25) is 14.9 Å². The molecule has 0 amide bonds. The maximum Gasteiger partial charge on any atom is 0.433 e. The van der Waals surface area contributed by atoms with Crippen LogP contribution in [0.15, 0.2) is 40.8 Å². The van der Waals surface area contributed by atoms with Crippen molar-refractivity contribution in [3.8, 4) is 0 Å². The standard InChI is InChI=1S/C16H15NO6/c1-10(2)11-3-5-12(6-4-11)13(18)9-22-16(19)14-7-8-15(23-14)17(20)21/h3-8,10H,9H2,1-2H3. The monoisotopic (exact) mass is 317 g/mol. The molecule has 0 fully saturated rings. The lowest BCUT2D eigenvalue weighted by Gasteiger charge is -2.06. The van der Waals surface area contributed by atoms with Gasteiger partial charge in [-0.05, 0) is 17.5 Å². The van der Waals surface area contributed by atoms with Crippen molar-refractivity contribution in [3.63, 3.8) is 0 Å². The van der Waals surface area contributed by atoms with Crippen LogP contribution >= 0.6 is 0 Å². The van der Waals surface area contributed by atoms with E-state index in [0.29, 0.717) is 11.5 Å². The van der Waals surface area contributed by atoms with Crippen LogP contribution in [0.25, 0.3) is 0 Å². The van der Waals surface area contributed by atoms with E-state index < -0.39 is 23.4 Å². The van der Waals surface area contributed by atoms with Gasteiger partial charge >= 0.3 is 11.9 Å². The van der Waals surface area contributed by atoms with Gasteiger partial charge < -0.3 is 9.15 Å². The van der Waals surface area contributed by atoms with Crippen LogP contribution < -0.4 is 0 Å². The highest BCUT2D eigenvalue weighted by atomic mass is 16.7. The van der Waals surface area contributed by atoms with Crippen LogP contribution in [0.1, 0.15) is 46.2 Å². The second-order valence-electron chi connectivity index (χ2n) is 5.17. The SMILES string of the molecule is CC(C)c1ccc(C(=O)COC(=O)c2ccc([N+](=O)[O-])o2)cc1. The van der Waals surface area contributed by atoms with Gasteiger partial charge in [0, 0.05) is 5.56 Å². The molecule has 0 saturated heterocycles. The number of carbonyl (C=O) groups is 2. The smallest absolute Gasteiger partial charge is 0.433 e. The van der Waals surface area contributed by atoms with Crippen LogP contribution in [-0.2, 0) is 4.74 Å². The first-order valence-electron chi connectivity index (χ1n) is 6.93. The van der Waals surface area contributed by atoms with Crippen molar-refractivity contribution in [2.24, 2.45) is 0 Å². The summed E-state index contributed by atoms with van der Waals surface area (Å²) < 4.78 is 9.51. The van der Waals surface area contributed by atoms with E-state index in [-0.39, 0.29) is 11.5 Å². The molecular weight excluding hydrogens is 302 g/mol. The van der Waals surface area contributed by atoms with E-state index in [4.69, 9.17) is 9.15 Å². The summed E-state index contributed by atoms with van der Waals surface area (Å²) in [4.78, 5) is 33.3. The van der Waals surface area contributed by atoms with E-state index in [1.807, 2.05) is 26.0 Å². The minimum Gasteiger partial charge on any atom is -0.451 e. The first-order valence-corrected chi connectivity index (χ1v) is 6.93. The van der Waals surface area contributed by atoms with Gasteiger partial charge in [-0.15, -0.1) is 0 Å². The Morgan fingerprint density at radius 3 is 2.35 bits per heavy atom. The fraction of sp³-hybridized carbons (Fsp3) is 0.250. The zero-order chi connectivity index (χ0) is 17.0. The molecule has 23 heavy (non-hydrogen) atoms. The number of nitrogens with zero attached hydrogens (tertiary/aromatic N) is 1. The lowest BCUT2D eigenvalue weighted by molar-refractivity contribution is -0.402. The molecule has 0 N–H and O–H groups in total. The van der Waals surface area contributed by atoms with Gasteiger partial charge in [-0.2, -0.15) is 0 Å². The highest BCUT2D eigenvalue weighted by Gasteiger charge is 2.19. The van der Waals surface area contributed by atoms with E-state index in [9.17, 15) is 19.7 Å². The molecule has 1 aromatic carbocycles. The van der Waals surface area contributed by atoms with E-state index in [1.165, 1.54) is 0 Å². The number of hydrogen-bond donors (Lipinski definition) is 0. The van der Waals surface area contributed by atoms with Gasteiger partial charge in [0.25, 0.3) is 0 Å². The number of Topliss-reactive ketones (excluding diaryl/α,β-unsaturated/α-hetero) is 1. The molecule has 0 spiro atoms. The Hall–Kier alpha value is -2.96. The Balaban J connectivity index is 1.95. The normalized spacial score (nSPS) is 10.6. The molecule has 7 nitrogen and oxygen atoms in total. The van der Waals surface area contributed by atoms with Crippen molar-refractivity contribution < 1.29 is 23.7 Å². The van der Waals surface area contributed by atoms with Crippen molar-refractivity contribution in [2.45, 2.75) is 19.8 Å². The van der Waals surface area contributed by atoms with Crippen molar-refractivity contribution in [2.75, 3.05) is 6.61 Å². The number of hydrogen-bond acceptors (Lipinski definition) is 6. The van der Waals surface area contributed by atoms with Gasteiger partial charge in [-0.1, -0.05) is 38.1 Å². The number of benzene rings is 1. The Morgan fingerprint density at radius 1 is 1.17 bits per heavy atom. The van der Waals surface area contributed by atoms with Crippen LogP contribution in [0, 0.1) is 10.1 Å². The number of rotatable bonds is 6. The van der Waals surface area contributed by atoms with E-state index in [0.717, 1.165) is 17.7 Å². The summed E-state index contributed by atoms with van der Waals surface area (Å²) in [6, 6.07) is 9.20. The number of carbonyl (C=O) groups excluding carboxylic acids is 2. The Morgan fingerprint density at radius 2 is 1.83 bits per heavy atom. The lowest BCUT2D eigenvalue weighted by atomic mass is 10.0. The Bertz CT molecular complexity index is 729. The average Bonchev–Trinajstić information content (AvgIpc) is 3.02. The van der Waals surface area contributed by atoms with Gasteiger partial charge in [-0.25, -0.2) is 4.79 Å². The lowest BCUT2D eigenvalue weighted by Crippen LogP contribution is -2.14. The predicted molar refractivity (Wildman–Crippen MR) is 80.5 cm³/mol. The highest BCUT2D eigenvalue weighted by molar-refractivity contribution is 5.99. The summed E-state index contributed by atoms with van der Waals surface area (Å²) in [5, 5.41) is 10.5. The van der Waals surface area contributed by atoms with Crippen LogP contribution in [0.3, 0.4) is 0 Å². The molecule has 1 heterocycles. The van der Waals surface area contributed by atoms with Gasteiger partial charge in [0.2, 0.25) is 5.76 Å². The first kappa shape index (κ1) is 16.4. The molecule has 7 heteroatoms. The molecule has 2 rings (SSSR count). The minimum absolute atomic E-state index is 0.320. The van der Waals surface area contributed by atoms with Gasteiger partial charge in [0.1, 0.15) is 4.92 Å². The van der Waals surface area contributed by atoms with Crippen molar-refractivity contribution >= 4 is 17.6 Å². The van der Waals surface area contributed by atoms with Crippen LogP contribution in [0.4, 0.5) is 5.88 Å². The third kappa shape index (κ3) is 4.03. The average molecular weight is 317 g/mol. The predicted octanol–water partition coefficient (Wildman–Crippen LogP) is 3.35. The Labute approximate surface area is 132 Å².